The Bertz CT molecular complexity index is 1200. The van der Waals surface area contributed by atoms with Crippen molar-refractivity contribution in [3.05, 3.63) is 47.4 Å². The lowest BCUT2D eigenvalue weighted by atomic mass is 10.1. The fourth-order valence-corrected chi connectivity index (χ4v) is 3.96. The molecule has 9 nitrogen and oxygen atoms in total. The summed E-state index contributed by atoms with van der Waals surface area (Å²) >= 11 is 0. The van der Waals surface area contributed by atoms with E-state index in [0.717, 1.165) is 47.4 Å². The fourth-order valence-electron chi connectivity index (χ4n) is 3.52. The monoisotopic (exact) mass is 414 g/mol. The van der Waals surface area contributed by atoms with Gasteiger partial charge in [-0.05, 0) is 49.5 Å². The summed E-state index contributed by atoms with van der Waals surface area (Å²) in [5.41, 5.74) is 4.16. The number of hydrogen-bond acceptors (Lipinski definition) is 6. The van der Waals surface area contributed by atoms with Crippen molar-refractivity contribution in [1.29, 1.82) is 0 Å². The predicted octanol–water partition coefficient (Wildman–Crippen LogP) is 3.07. The molecule has 0 radical (unpaired) electrons. The minimum atomic E-state index is -4.28. The highest BCUT2D eigenvalue weighted by Gasteiger charge is 2.20. The summed E-state index contributed by atoms with van der Waals surface area (Å²) in [6.45, 7) is 2.34. The van der Waals surface area contributed by atoms with Crippen LogP contribution in [-0.2, 0) is 23.9 Å². The summed E-state index contributed by atoms with van der Waals surface area (Å²) in [5.74, 6) is 1.38. The Hall–Kier alpha value is -2.98. The predicted molar refractivity (Wildman–Crippen MR) is 112 cm³/mol. The Morgan fingerprint density at radius 2 is 1.97 bits per heavy atom. The van der Waals surface area contributed by atoms with Crippen molar-refractivity contribution in [3.63, 3.8) is 0 Å². The molecule has 0 atom stereocenters. The molecule has 2 aromatic heterocycles. The highest BCUT2D eigenvalue weighted by atomic mass is 32.2. The second-order valence-corrected chi connectivity index (χ2v) is 8.19. The molecule has 0 amide bonds. The van der Waals surface area contributed by atoms with Gasteiger partial charge in [-0.15, -0.1) is 0 Å². The van der Waals surface area contributed by atoms with Crippen molar-refractivity contribution in [2.75, 3.05) is 10.0 Å². The van der Waals surface area contributed by atoms with E-state index in [-0.39, 0.29) is 0 Å². The number of fused-ring (bicyclic) bond motifs is 1. The lowest BCUT2D eigenvalue weighted by Gasteiger charge is -2.10. The zero-order valence-electron chi connectivity index (χ0n) is 16.2. The number of benzene rings is 1. The molecule has 29 heavy (non-hydrogen) atoms. The molecular formula is C19H22N6O3S. The van der Waals surface area contributed by atoms with Crippen LogP contribution in [0.3, 0.4) is 0 Å². The molecule has 0 spiro atoms. The van der Waals surface area contributed by atoms with Crippen molar-refractivity contribution < 1.29 is 13.0 Å². The van der Waals surface area contributed by atoms with Gasteiger partial charge in [0.05, 0.1) is 11.1 Å². The van der Waals surface area contributed by atoms with E-state index in [9.17, 15) is 8.42 Å². The molecule has 0 fully saturated rings. The number of anilines is 2. The molecule has 10 heteroatoms. The molecule has 0 unspecified atom stereocenters. The van der Waals surface area contributed by atoms with E-state index in [1.807, 2.05) is 18.7 Å². The Labute approximate surface area is 168 Å². The molecule has 152 valence electrons. The standard InChI is InChI=1S/C19H22N6O3S/c1-12-21-18(20-11-13-7-9-15(10-8-13)24-29(26,27)28)16-17(14-5-3-4-6-14)23-25(2)19(16)22-12/h5,7-10,24H,3-4,6,11H2,1-2H3,(H,20,21,22)(H,26,27,28). The Balaban J connectivity index is 1.62. The topological polar surface area (TPSA) is 122 Å². The zero-order chi connectivity index (χ0) is 20.6. The zero-order valence-corrected chi connectivity index (χ0v) is 17.0. The molecular weight excluding hydrogens is 392 g/mol. The first kappa shape index (κ1) is 19.3. The van der Waals surface area contributed by atoms with Crippen LogP contribution in [-0.4, -0.2) is 32.7 Å². The van der Waals surface area contributed by atoms with Crippen molar-refractivity contribution in [1.82, 2.24) is 19.7 Å². The third-order valence-electron chi connectivity index (χ3n) is 4.80. The molecule has 2 heterocycles. The summed E-state index contributed by atoms with van der Waals surface area (Å²) in [5, 5.41) is 8.97. The van der Waals surface area contributed by atoms with Gasteiger partial charge < -0.3 is 5.32 Å². The number of aryl methyl sites for hydroxylation is 2. The second kappa shape index (κ2) is 7.45. The van der Waals surface area contributed by atoms with Crippen LogP contribution in [0.4, 0.5) is 11.5 Å². The lowest BCUT2D eigenvalue weighted by Crippen LogP contribution is -2.10. The Morgan fingerprint density at radius 1 is 1.21 bits per heavy atom. The minimum absolute atomic E-state index is 0.291. The van der Waals surface area contributed by atoms with Gasteiger partial charge in [0, 0.05) is 13.6 Å². The van der Waals surface area contributed by atoms with Gasteiger partial charge in [-0.2, -0.15) is 13.5 Å². The second-order valence-electron chi connectivity index (χ2n) is 7.04. The lowest BCUT2D eigenvalue weighted by molar-refractivity contribution is 0.489. The first-order valence-corrected chi connectivity index (χ1v) is 10.7. The highest BCUT2D eigenvalue weighted by Crippen LogP contribution is 2.34. The number of nitrogens with one attached hydrogen (secondary N) is 2. The van der Waals surface area contributed by atoms with Gasteiger partial charge in [0.1, 0.15) is 17.3 Å². The number of aromatic nitrogens is 4. The largest absolute Gasteiger partial charge is 0.365 e. The maximum atomic E-state index is 10.9. The van der Waals surface area contributed by atoms with E-state index in [1.54, 1.807) is 28.9 Å². The van der Waals surface area contributed by atoms with Gasteiger partial charge in [-0.1, -0.05) is 18.2 Å². The van der Waals surface area contributed by atoms with Crippen LogP contribution in [0.5, 0.6) is 0 Å². The number of rotatable bonds is 6. The molecule has 0 aliphatic heterocycles. The van der Waals surface area contributed by atoms with Crippen molar-refractivity contribution in [2.24, 2.45) is 7.05 Å². The van der Waals surface area contributed by atoms with E-state index < -0.39 is 10.3 Å². The summed E-state index contributed by atoms with van der Waals surface area (Å²) in [7, 11) is -2.39. The van der Waals surface area contributed by atoms with Gasteiger partial charge in [-0.3, -0.25) is 9.27 Å². The maximum Gasteiger partial charge on any atom is 0.357 e. The quantitative estimate of drug-likeness (QED) is 0.530. The van der Waals surface area contributed by atoms with E-state index in [0.29, 0.717) is 18.1 Å². The SMILES string of the molecule is Cc1nc(NCc2ccc(NS(=O)(=O)O)cc2)c2c(C3=CCCC3)nn(C)c2n1. The number of hydrogen-bond donors (Lipinski definition) is 3. The number of allylic oxidation sites excluding steroid dienone is 2. The molecule has 4 rings (SSSR count). The molecule has 0 saturated heterocycles. The molecule has 1 aliphatic rings. The van der Waals surface area contributed by atoms with Crippen LogP contribution in [0.1, 0.15) is 36.3 Å². The molecule has 3 N–H and O–H groups in total. The average Bonchev–Trinajstić information content (AvgIpc) is 3.28. The van der Waals surface area contributed by atoms with Crippen molar-refractivity contribution >= 4 is 38.4 Å². The van der Waals surface area contributed by atoms with Crippen LogP contribution in [0, 0.1) is 6.92 Å². The van der Waals surface area contributed by atoms with E-state index >= 15 is 0 Å². The maximum absolute atomic E-state index is 10.9. The average molecular weight is 414 g/mol. The van der Waals surface area contributed by atoms with Crippen LogP contribution in [0.25, 0.3) is 16.6 Å². The minimum Gasteiger partial charge on any atom is -0.365 e. The smallest absolute Gasteiger partial charge is 0.357 e. The fraction of sp³-hybridized carbons (Fsp3) is 0.316. The van der Waals surface area contributed by atoms with Crippen LogP contribution >= 0.6 is 0 Å². The normalized spacial score (nSPS) is 14.2. The van der Waals surface area contributed by atoms with Crippen molar-refractivity contribution in [2.45, 2.75) is 32.7 Å². The summed E-state index contributed by atoms with van der Waals surface area (Å²) < 4.78 is 34.5. The van der Waals surface area contributed by atoms with Gasteiger partial charge in [0.25, 0.3) is 0 Å². The highest BCUT2D eigenvalue weighted by molar-refractivity contribution is 7.87. The third kappa shape index (κ3) is 4.22. The van der Waals surface area contributed by atoms with E-state index in [2.05, 4.69) is 21.4 Å². The van der Waals surface area contributed by atoms with Gasteiger partial charge in [0.2, 0.25) is 0 Å². The number of nitrogens with zero attached hydrogens (tertiary/aromatic N) is 4. The molecule has 3 aromatic rings. The molecule has 0 bridgehead atoms. The van der Waals surface area contributed by atoms with Crippen LogP contribution < -0.4 is 10.0 Å². The van der Waals surface area contributed by atoms with Crippen molar-refractivity contribution in [3.8, 4) is 0 Å². The van der Waals surface area contributed by atoms with Crippen LogP contribution in [0.2, 0.25) is 0 Å². The van der Waals surface area contributed by atoms with Gasteiger partial charge in [-0.25, -0.2) is 14.6 Å². The third-order valence-corrected chi connectivity index (χ3v) is 5.29. The Morgan fingerprint density at radius 3 is 2.62 bits per heavy atom. The van der Waals surface area contributed by atoms with Crippen LogP contribution in [0.15, 0.2) is 30.3 Å². The first-order valence-electron chi connectivity index (χ1n) is 9.29. The van der Waals surface area contributed by atoms with Gasteiger partial charge in [0.15, 0.2) is 5.65 Å². The van der Waals surface area contributed by atoms with Gasteiger partial charge >= 0.3 is 10.3 Å². The Kier molecular flexibility index (Phi) is 4.97. The molecule has 1 aromatic carbocycles. The molecule has 1 aliphatic carbocycles. The van der Waals surface area contributed by atoms with E-state index in [4.69, 9.17) is 9.65 Å². The summed E-state index contributed by atoms with van der Waals surface area (Å²) in [4.78, 5) is 9.16. The molecule has 0 saturated carbocycles. The van der Waals surface area contributed by atoms with E-state index in [1.165, 1.54) is 5.57 Å². The summed E-state index contributed by atoms with van der Waals surface area (Å²) in [6, 6.07) is 6.72. The summed E-state index contributed by atoms with van der Waals surface area (Å²) in [6.07, 6.45) is 5.42. The first-order chi connectivity index (χ1) is 13.8.